The van der Waals surface area contributed by atoms with Gasteiger partial charge in [-0.1, -0.05) is 13.0 Å². The summed E-state index contributed by atoms with van der Waals surface area (Å²) >= 11 is 0. The highest BCUT2D eigenvalue weighted by Crippen LogP contribution is 2.61. The maximum absolute atomic E-state index is 13.6. The van der Waals surface area contributed by atoms with Crippen LogP contribution in [0.5, 0.6) is 0 Å². The van der Waals surface area contributed by atoms with Crippen molar-refractivity contribution in [1.82, 2.24) is 5.32 Å². The summed E-state index contributed by atoms with van der Waals surface area (Å²) in [5.41, 5.74) is -2.58. The Labute approximate surface area is 112 Å². The molecule has 0 radical (unpaired) electrons. The van der Waals surface area contributed by atoms with Crippen LogP contribution < -0.4 is 5.32 Å². The lowest BCUT2D eigenvalue weighted by molar-refractivity contribution is -0.253. The number of halogens is 3. The molecule has 0 aromatic heterocycles. The number of likely N-dealkylation sites (N-methyl/N-ethyl adjacent to an activating group) is 1. The van der Waals surface area contributed by atoms with E-state index in [0.717, 1.165) is 6.42 Å². The fourth-order valence-corrected chi connectivity index (χ4v) is 3.08. The first-order valence-corrected chi connectivity index (χ1v) is 6.96. The van der Waals surface area contributed by atoms with E-state index in [9.17, 15) is 13.2 Å². The average molecular weight is 277 g/mol. The van der Waals surface area contributed by atoms with E-state index in [-0.39, 0.29) is 18.8 Å². The molecule has 2 atom stereocenters. The second kappa shape index (κ2) is 5.09. The molecule has 2 aliphatic carbocycles. The van der Waals surface area contributed by atoms with Crippen molar-refractivity contribution in [2.45, 2.75) is 50.9 Å². The van der Waals surface area contributed by atoms with Gasteiger partial charge in [0.25, 0.3) is 0 Å². The van der Waals surface area contributed by atoms with Crippen LogP contribution in [0.1, 0.15) is 39.0 Å². The topological polar surface area (TPSA) is 21.3 Å². The molecule has 2 unspecified atom stereocenters. The molecule has 110 valence electrons. The van der Waals surface area contributed by atoms with Crippen LogP contribution >= 0.6 is 0 Å². The summed E-state index contributed by atoms with van der Waals surface area (Å²) < 4.78 is 46.4. The largest absolute Gasteiger partial charge is 0.395 e. The van der Waals surface area contributed by atoms with E-state index in [2.05, 4.69) is 5.32 Å². The molecular formula is C14H22F3NO. The Morgan fingerprint density at radius 2 is 2.05 bits per heavy atom. The summed E-state index contributed by atoms with van der Waals surface area (Å²) in [6, 6.07) is 0. The van der Waals surface area contributed by atoms with E-state index in [1.165, 1.54) is 0 Å². The smallest absolute Gasteiger partial charge is 0.357 e. The molecule has 1 N–H and O–H groups in total. The molecule has 0 aliphatic heterocycles. The van der Waals surface area contributed by atoms with Crippen molar-refractivity contribution in [2.24, 2.45) is 11.3 Å². The highest BCUT2D eigenvalue weighted by atomic mass is 19.4. The van der Waals surface area contributed by atoms with Gasteiger partial charge in [-0.2, -0.15) is 13.2 Å². The van der Waals surface area contributed by atoms with Crippen molar-refractivity contribution >= 4 is 0 Å². The average Bonchev–Trinajstić information content (AvgIpc) is 3.19. The molecule has 1 saturated carbocycles. The van der Waals surface area contributed by atoms with Crippen LogP contribution in [0.15, 0.2) is 12.2 Å². The molecule has 0 bridgehead atoms. The van der Waals surface area contributed by atoms with Crippen LogP contribution in [0.3, 0.4) is 0 Å². The van der Waals surface area contributed by atoms with Crippen LogP contribution in [-0.2, 0) is 4.74 Å². The van der Waals surface area contributed by atoms with Crippen LogP contribution in [0.4, 0.5) is 13.2 Å². The first kappa shape index (κ1) is 14.9. The van der Waals surface area contributed by atoms with E-state index in [4.69, 9.17) is 4.74 Å². The predicted molar refractivity (Wildman–Crippen MR) is 67.6 cm³/mol. The van der Waals surface area contributed by atoms with Crippen LogP contribution in [0, 0.1) is 11.3 Å². The summed E-state index contributed by atoms with van der Waals surface area (Å²) in [5, 5.41) is 2.95. The number of ether oxygens (including phenoxy) is 1. The monoisotopic (exact) mass is 277 g/mol. The number of hydrogen-bond donors (Lipinski definition) is 1. The maximum Gasteiger partial charge on any atom is 0.395 e. The third-order valence-electron chi connectivity index (χ3n) is 4.36. The number of hydrogen-bond acceptors (Lipinski definition) is 2. The summed E-state index contributed by atoms with van der Waals surface area (Å²) in [4.78, 5) is 0. The quantitative estimate of drug-likeness (QED) is 0.612. The van der Waals surface area contributed by atoms with E-state index in [1.54, 1.807) is 19.2 Å². The fraction of sp³-hybridized carbons (Fsp3) is 0.857. The Kier molecular flexibility index (Phi) is 3.98. The van der Waals surface area contributed by atoms with Gasteiger partial charge in [-0.3, -0.25) is 5.32 Å². The Morgan fingerprint density at radius 3 is 2.53 bits per heavy atom. The minimum Gasteiger partial charge on any atom is -0.357 e. The molecule has 2 aliphatic rings. The zero-order valence-electron chi connectivity index (χ0n) is 11.5. The number of alkyl halides is 3. The van der Waals surface area contributed by atoms with Crippen molar-refractivity contribution < 1.29 is 17.9 Å². The Bertz CT molecular complexity index is 351. The van der Waals surface area contributed by atoms with Gasteiger partial charge in [0, 0.05) is 13.0 Å². The molecule has 0 aromatic carbocycles. The Hall–Kier alpha value is -0.550. The maximum atomic E-state index is 13.6. The van der Waals surface area contributed by atoms with E-state index in [1.807, 2.05) is 6.92 Å². The zero-order chi connectivity index (χ0) is 14.1. The van der Waals surface area contributed by atoms with Gasteiger partial charge in [0.15, 0.2) is 0 Å². The Morgan fingerprint density at radius 1 is 1.37 bits per heavy atom. The van der Waals surface area contributed by atoms with Crippen molar-refractivity contribution in [3.05, 3.63) is 12.2 Å². The standard InChI is InChI=1S/C14H22F3NO/c1-3-9-19-13(18-2)8-4-7-12(10-13,11-5-6-11)14(15,16)17/h4,8,11,18H,3,5-7,9-10H2,1-2H3. The van der Waals surface area contributed by atoms with Gasteiger partial charge in [-0.25, -0.2) is 0 Å². The lowest BCUT2D eigenvalue weighted by atomic mass is 9.69. The van der Waals surface area contributed by atoms with E-state index < -0.39 is 17.3 Å². The molecule has 0 spiro atoms. The van der Waals surface area contributed by atoms with Gasteiger partial charge in [0.2, 0.25) is 0 Å². The number of rotatable bonds is 5. The third kappa shape index (κ3) is 2.68. The van der Waals surface area contributed by atoms with Gasteiger partial charge in [-0.05, 0) is 44.7 Å². The van der Waals surface area contributed by atoms with E-state index in [0.29, 0.717) is 19.4 Å². The molecule has 2 rings (SSSR count). The molecule has 0 saturated heterocycles. The van der Waals surface area contributed by atoms with Gasteiger partial charge >= 0.3 is 6.18 Å². The lowest BCUT2D eigenvalue weighted by Gasteiger charge is -2.45. The second-order valence-corrected chi connectivity index (χ2v) is 5.70. The summed E-state index contributed by atoms with van der Waals surface area (Å²) in [6.45, 7) is 2.41. The predicted octanol–water partition coefficient (Wildman–Crippen LogP) is 3.64. The zero-order valence-corrected chi connectivity index (χ0v) is 11.5. The summed E-state index contributed by atoms with van der Waals surface area (Å²) in [5.74, 6) is -0.240. The minimum absolute atomic E-state index is 0.0127. The minimum atomic E-state index is -4.17. The van der Waals surface area contributed by atoms with Crippen molar-refractivity contribution in [3.8, 4) is 0 Å². The van der Waals surface area contributed by atoms with Gasteiger partial charge in [0.1, 0.15) is 5.72 Å². The third-order valence-corrected chi connectivity index (χ3v) is 4.36. The first-order valence-electron chi connectivity index (χ1n) is 6.96. The summed E-state index contributed by atoms with van der Waals surface area (Å²) in [7, 11) is 1.67. The van der Waals surface area contributed by atoms with Gasteiger partial charge < -0.3 is 4.74 Å². The molecule has 19 heavy (non-hydrogen) atoms. The molecular weight excluding hydrogens is 255 g/mol. The number of nitrogens with one attached hydrogen (secondary N) is 1. The van der Waals surface area contributed by atoms with Crippen molar-refractivity contribution in [1.29, 1.82) is 0 Å². The van der Waals surface area contributed by atoms with Crippen LogP contribution in [0.2, 0.25) is 0 Å². The highest BCUT2D eigenvalue weighted by Gasteiger charge is 2.64. The second-order valence-electron chi connectivity index (χ2n) is 5.70. The molecule has 1 fully saturated rings. The molecule has 2 nitrogen and oxygen atoms in total. The Balaban J connectivity index is 2.26. The molecule has 0 aromatic rings. The molecule has 0 amide bonds. The van der Waals surface area contributed by atoms with Gasteiger partial charge in [0.05, 0.1) is 5.41 Å². The van der Waals surface area contributed by atoms with Gasteiger partial charge in [-0.15, -0.1) is 0 Å². The van der Waals surface area contributed by atoms with E-state index >= 15 is 0 Å². The lowest BCUT2D eigenvalue weighted by Crippen LogP contribution is -2.55. The molecule has 5 heteroatoms. The van der Waals surface area contributed by atoms with Crippen molar-refractivity contribution in [2.75, 3.05) is 13.7 Å². The van der Waals surface area contributed by atoms with Crippen LogP contribution in [0.25, 0.3) is 0 Å². The fourth-order valence-electron chi connectivity index (χ4n) is 3.08. The highest BCUT2D eigenvalue weighted by molar-refractivity contribution is 5.16. The number of allylic oxidation sites excluding steroid dienone is 1. The molecule has 0 heterocycles. The SMILES string of the molecule is CCCOC1(NC)C=CCC(C2CC2)(C(F)(F)F)C1. The summed E-state index contributed by atoms with van der Waals surface area (Å²) in [6.07, 6.45) is 1.45. The van der Waals surface area contributed by atoms with Crippen LogP contribution in [-0.4, -0.2) is 25.6 Å². The first-order chi connectivity index (χ1) is 8.89. The normalized spacial score (nSPS) is 35.6. The van der Waals surface area contributed by atoms with Crippen molar-refractivity contribution in [3.63, 3.8) is 0 Å².